The lowest BCUT2D eigenvalue weighted by molar-refractivity contribution is 0.549. The molecule has 2 rings (SSSR count). The summed E-state index contributed by atoms with van der Waals surface area (Å²) in [5.74, 6) is 0.412. The SMILES string of the molecule is CC(C)CNCc1cc(F)ccc1N(C)Cc1ccsc1. The van der Waals surface area contributed by atoms with E-state index in [9.17, 15) is 4.39 Å². The summed E-state index contributed by atoms with van der Waals surface area (Å²) in [6.45, 7) is 6.81. The van der Waals surface area contributed by atoms with E-state index in [1.54, 1.807) is 17.4 Å². The minimum Gasteiger partial charge on any atom is -0.370 e. The van der Waals surface area contributed by atoms with E-state index in [2.05, 4.69) is 47.9 Å². The zero-order valence-corrected chi connectivity index (χ0v) is 13.7. The molecule has 114 valence electrons. The molecule has 1 aromatic heterocycles. The van der Waals surface area contributed by atoms with Gasteiger partial charge in [-0.05, 0) is 58.6 Å². The zero-order chi connectivity index (χ0) is 15.2. The fourth-order valence-corrected chi connectivity index (χ4v) is 2.97. The van der Waals surface area contributed by atoms with Gasteiger partial charge >= 0.3 is 0 Å². The number of anilines is 1. The molecule has 0 unspecified atom stereocenters. The molecule has 1 heterocycles. The molecule has 0 aliphatic carbocycles. The smallest absolute Gasteiger partial charge is 0.123 e. The first kappa shape index (κ1) is 16.0. The fourth-order valence-electron chi connectivity index (χ4n) is 2.31. The van der Waals surface area contributed by atoms with E-state index in [1.165, 1.54) is 11.6 Å². The Morgan fingerprint density at radius 2 is 2.10 bits per heavy atom. The van der Waals surface area contributed by atoms with E-state index < -0.39 is 0 Å². The molecule has 0 amide bonds. The second-order valence-corrected chi connectivity index (χ2v) is 6.57. The number of hydrogen-bond donors (Lipinski definition) is 1. The molecular weight excluding hydrogens is 283 g/mol. The highest BCUT2D eigenvalue weighted by molar-refractivity contribution is 7.07. The van der Waals surface area contributed by atoms with Gasteiger partial charge in [0.25, 0.3) is 0 Å². The topological polar surface area (TPSA) is 15.3 Å². The van der Waals surface area contributed by atoms with Gasteiger partial charge in [0.2, 0.25) is 0 Å². The quantitative estimate of drug-likeness (QED) is 0.822. The van der Waals surface area contributed by atoms with Gasteiger partial charge in [0.15, 0.2) is 0 Å². The molecule has 0 saturated heterocycles. The van der Waals surface area contributed by atoms with Crippen LogP contribution in [0.25, 0.3) is 0 Å². The molecule has 0 radical (unpaired) electrons. The van der Waals surface area contributed by atoms with Gasteiger partial charge in [-0.3, -0.25) is 0 Å². The predicted molar refractivity (Wildman–Crippen MR) is 89.4 cm³/mol. The molecule has 2 aromatic rings. The molecule has 0 aliphatic heterocycles. The maximum absolute atomic E-state index is 13.5. The van der Waals surface area contributed by atoms with Gasteiger partial charge in [0.05, 0.1) is 0 Å². The molecule has 0 fully saturated rings. The third kappa shape index (κ3) is 4.83. The maximum Gasteiger partial charge on any atom is 0.123 e. The second kappa shape index (κ2) is 7.57. The number of benzene rings is 1. The van der Waals surface area contributed by atoms with Crippen LogP contribution in [-0.4, -0.2) is 13.6 Å². The van der Waals surface area contributed by atoms with Crippen molar-refractivity contribution in [2.45, 2.75) is 26.9 Å². The Kier molecular flexibility index (Phi) is 5.76. The van der Waals surface area contributed by atoms with E-state index >= 15 is 0 Å². The van der Waals surface area contributed by atoms with Crippen molar-refractivity contribution in [3.63, 3.8) is 0 Å². The highest BCUT2D eigenvalue weighted by atomic mass is 32.1. The van der Waals surface area contributed by atoms with Crippen LogP contribution in [0.15, 0.2) is 35.0 Å². The fraction of sp³-hybridized carbons (Fsp3) is 0.412. The first-order valence-electron chi connectivity index (χ1n) is 7.27. The first-order chi connectivity index (χ1) is 10.1. The van der Waals surface area contributed by atoms with Gasteiger partial charge in [-0.25, -0.2) is 4.39 Å². The molecule has 1 aromatic carbocycles. The van der Waals surface area contributed by atoms with Crippen molar-refractivity contribution in [1.82, 2.24) is 5.32 Å². The van der Waals surface area contributed by atoms with Crippen molar-refractivity contribution < 1.29 is 4.39 Å². The average molecular weight is 306 g/mol. The summed E-state index contributed by atoms with van der Waals surface area (Å²) < 4.78 is 13.5. The van der Waals surface area contributed by atoms with Crippen LogP contribution in [0, 0.1) is 11.7 Å². The number of hydrogen-bond acceptors (Lipinski definition) is 3. The van der Waals surface area contributed by atoms with E-state index in [1.807, 2.05) is 6.07 Å². The zero-order valence-electron chi connectivity index (χ0n) is 12.9. The largest absolute Gasteiger partial charge is 0.370 e. The van der Waals surface area contributed by atoms with Gasteiger partial charge in [-0.1, -0.05) is 13.8 Å². The van der Waals surface area contributed by atoms with E-state index in [0.717, 1.165) is 24.3 Å². The molecule has 4 heteroatoms. The van der Waals surface area contributed by atoms with Crippen molar-refractivity contribution in [2.24, 2.45) is 5.92 Å². The Bertz CT molecular complexity index is 552. The van der Waals surface area contributed by atoms with Gasteiger partial charge in [0.1, 0.15) is 5.82 Å². The minimum absolute atomic E-state index is 0.177. The third-order valence-electron chi connectivity index (χ3n) is 3.32. The van der Waals surface area contributed by atoms with Gasteiger partial charge in [0, 0.05) is 25.8 Å². The summed E-state index contributed by atoms with van der Waals surface area (Å²) in [6, 6.07) is 7.16. The highest BCUT2D eigenvalue weighted by Gasteiger charge is 2.10. The Balaban J connectivity index is 2.09. The monoisotopic (exact) mass is 306 g/mol. The number of halogens is 1. The molecular formula is C17H23FN2S. The lowest BCUT2D eigenvalue weighted by Gasteiger charge is -2.22. The van der Waals surface area contributed by atoms with Crippen molar-refractivity contribution in [1.29, 1.82) is 0 Å². The van der Waals surface area contributed by atoms with Crippen molar-refractivity contribution in [2.75, 3.05) is 18.5 Å². The van der Waals surface area contributed by atoms with Crippen molar-refractivity contribution in [3.8, 4) is 0 Å². The molecule has 2 nitrogen and oxygen atoms in total. The maximum atomic E-state index is 13.5. The summed E-state index contributed by atoms with van der Waals surface area (Å²) in [5.41, 5.74) is 3.38. The summed E-state index contributed by atoms with van der Waals surface area (Å²) in [5, 5.41) is 7.62. The molecule has 0 saturated carbocycles. The Hall–Kier alpha value is -1.39. The van der Waals surface area contributed by atoms with Crippen molar-refractivity contribution in [3.05, 3.63) is 52.0 Å². The van der Waals surface area contributed by atoms with E-state index in [0.29, 0.717) is 12.5 Å². The summed E-state index contributed by atoms with van der Waals surface area (Å²) >= 11 is 1.70. The van der Waals surface area contributed by atoms with Crippen LogP contribution < -0.4 is 10.2 Å². The first-order valence-corrected chi connectivity index (χ1v) is 8.22. The predicted octanol–water partition coefficient (Wildman–Crippen LogP) is 4.27. The summed E-state index contributed by atoms with van der Waals surface area (Å²) in [7, 11) is 2.05. The van der Waals surface area contributed by atoms with Crippen LogP contribution in [0.4, 0.5) is 10.1 Å². The van der Waals surface area contributed by atoms with E-state index in [4.69, 9.17) is 0 Å². The Morgan fingerprint density at radius 3 is 2.76 bits per heavy atom. The van der Waals surface area contributed by atoms with Crippen LogP contribution >= 0.6 is 11.3 Å². The van der Waals surface area contributed by atoms with Gasteiger partial charge in [-0.15, -0.1) is 0 Å². The molecule has 21 heavy (non-hydrogen) atoms. The molecule has 0 spiro atoms. The molecule has 0 aliphatic rings. The van der Waals surface area contributed by atoms with Crippen LogP contribution in [-0.2, 0) is 13.1 Å². The van der Waals surface area contributed by atoms with Crippen LogP contribution in [0.1, 0.15) is 25.0 Å². The lowest BCUT2D eigenvalue weighted by Crippen LogP contribution is -2.23. The van der Waals surface area contributed by atoms with Gasteiger partial charge in [-0.2, -0.15) is 11.3 Å². The number of nitrogens with zero attached hydrogens (tertiary/aromatic N) is 1. The normalized spacial score (nSPS) is 11.1. The number of nitrogens with one attached hydrogen (secondary N) is 1. The molecule has 0 bridgehead atoms. The van der Waals surface area contributed by atoms with Crippen LogP contribution in [0.2, 0.25) is 0 Å². The van der Waals surface area contributed by atoms with Crippen molar-refractivity contribution >= 4 is 17.0 Å². The standard InChI is InChI=1S/C17H23FN2S/c1-13(2)9-19-10-15-8-16(18)4-5-17(15)20(3)11-14-6-7-21-12-14/h4-8,12-13,19H,9-11H2,1-3H3. The molecule has 0 atom stereocenters. The van der Waals surface area contributed by atoms with E-state index in [-0.39, 0.29) is 5.82 Å². The van der Waals surface area contributed by atoms with Crippen LogP contribution in [0.3, 0.4) is 0 Å². The highest BCUT2D eigenvalue weighted by Crippen LogP contribution is 2.23. The van der Waals surface area contributed by atoms with Crippen LogP contribution in [0.5, 0.6) is 0 Å². The minimum atomic E-state index is -0.177. The van der Waals surface area contributed by atoms with Gasteiger partial charge < -0.3 is 10.2 Å². The third-order valence-corrected chi connectivity index (χ3v) is 4.05. The summed E-state index contributed by atoms with van der Waals surface area (Å²) in [6.07, 6.45) is 0. The lowest BCUT2D eigenvalue weighted by atomic mass is 10.1. The average Bonchev–Trinajstić information content (AvgIpc) is 2.91. The summed E-state index contributed by atoms with van der Waals surface area (Å²) in [4.78, 5) is 2.17. The Morgan fingerprint density at radius 1 is 1.29 bits per heavy atom. The molecule has 1 N–H and O–H groups in total. The number of rotatable bonds is 7. The Labute approximate surface area is 130 Å². The number of thiophene rings is 1. The second-order valence-electron chi connectivity index (χ2n) is 5.79.